The zero-order valence-electron chi connectivity index (χ0n) is 10.8. The number of nitrogens with zero attached hydrogens (tertiary/aromatic N) is 2. The van der Waals surface area contributed by atoms with Gasteiger partial charge in [0.05, 0.1) is 16.8 Å². The average Bonchev–Trinajstić information content (AvgIpc) is 2.40. The van der Waals surface area contributed by atoms with Crippen molar-refractivity contribution in [3.05, 3.63) is 58.4 Å². The quantitative estimate of drug-likeness (QED) is 0.935. The van der Waals surface area contributed by atoms with Gasteiger partial charge in [0.15, 0.2) is 0 Å². The standard InChI is InChI=1S/C14H15ClFN3/c1-9-18-6-5-13(19-9)14(17-2)8-10-3-4-11(15)12(16)7-10/h3-7,14,17H,8H2,1-2H3. The van der Waals surface area contributed by atoms with Gasteiger partial charge in [0.2, 0.25) is 0 Å². The smallest absolute Gasteiger partial charge is 0.142 e. The molecule has 0 fully saturated rings. The molecule has 0 radical (unpaired) electrons. The fraction of sp³-hybridized carbons (Fsp3) is 0.286. The molecule has 19 heavy (non-hydrogen) atoms. The zero-order valence-corrected chi connectivity index (χ0v) is 11.6. The van der Waals surface area contributed by atoms with E-state index in [1.165, 1.54) is 6.07 Å². The fourth-order valence-electron chi connectivity index (χ4n) is 1.93. The van der Waals surface area contributed by atoms with Gasteiger partial charge in [-0.2, -0.15) is 0 Å². The van der Waals surface area contributed by atoms with Gasteiger partial charge in [0.1, 0.15) is 11.6 Å². The van der Waals surface area contributed by atoms with Gasteiger partial charge in [0.25, 0.3) is 0 Å². The number of likely N-dealkylation sites (N-methyl/N-ethyl adjacent to an activating group) is 1. The number of rotatable bonds is 4. The van der Waals surface area contributed by atoms with Crippen molar-refractivity contribution in [1.29, 1.82) is 0 Å². The lowest BCUT2D eigenvalue weighted by Crippen LogP contribution is -2.20. The molecule has 0 aliphatic heterocycles. The Kier molecular flexibility index (Phi) is 4.45. The highest BCUT2D eigenvalue weighted by Crippen LogP contribution is 2.20. The molecule has 0 spiro atoms. The molecule has 2 rings (SSSR count). The van der Waals surface area contributed by atoms with Gasteiger partial charge >= 0.3 is 0 Å². The molecule has 100 valence electrons. The minimum atomic E-state index is -0.395. The van der Waals surface area contributed by atoms with E-state index >= 15 is 0 Å². The number of hydrogen-bond acceptors (Lipinski definition) is 3. The summed E-state index contributed by atoms with van der Waals surface area (Å²) in [6.07, 6.45) is 2.37. The van der Waals surface area contributed by atoms with Crippen molar-refractivity contribution in [3.63, 3.8) is 0 Å². The number of hydrogen-bond donors (Lipinski definition) is 1. The molecule has 1 N–H and O–H groups in total. The van der Waals surface area contributed by atoms with Crippen LogP contribution in [-0.4, -0.2) is 17.0 Å². The van der Waals surface area contributed by atoms with Crippen LogP contribution in [0.5, 0.6) is 0 Å². The van der Waals surface area contributed by atoms with E-state index in [0.717, 1.165) is 17.1 Å². The van der Waals surface area contributed by atoms with Crippen molar-refractivity contribution in [2.24, 2.45) is 0 Å². The van der Waals surface area contributed by atoms with E-state index in [2.05, 4.69) is 15.3 Å². The van der Waals surface area contributed by atoms with E-state index in [4.69, 9.17) is 11.6 Å². The van der Waals surface area contributed by atoms with Gasteiger partial charge in [-0.3, -0.25) is 0 Å². The second-order valence-corrected chi connectivity index (χ2v) is 4.73. The number of aryl methyl sites for hydroxylation is 1. The summed E-state index contributed by atoms with van der Waals surface area (Å²) >= 11 is 5.68. The summed E-state index contributed by atoms with van der Waals surface area (Å²) in [7, 11) is 1.86. The van der Waals surface area contributed by atoms with E-state index < -0.39 is 5.82 Å². The van der Waals surface area contributed by atoms with E-state index in [1.807, 2.05) is 26.1 Å². The first kappa shape index (κ1) is 13.9. The zero-order chi connectivity index (χ0) is 13.8. The monoisotopic (exact) mass is 279 g/mol. The first-order chi connectivity index (χ1) is 9.10. The maximum atomic E-state index is 13.4. The maximum absolute atomic E-state index is 13.4. The Morgan fingerprint density at radius 2 is 2.16 bits per heavy atom. The molecule has 1 aromatic heterocycles. The van der Waals surface area contributed by atoms with Crippen LogP contribution in [0.3, 0.4) is 0 Å². The molecule has 0 saturated carbocycles. The third kappa shape index (κ3) is 3.49. The average molecular weight is 280 g/mol. The fourth-order valence-corrected chi connectivity index (χ4v) is 2.04. The van der Waals surface area contributed by atoms with Crippen molar-refractivity contribution in [2.45, 2.75) is 19.4 Å². The van der Waals surface area contributed by atoms with E-state index in [1.54, 1.807) is 12.3 Å². The Bertz CT molecular complexity index is 574. The van der Waals surface area contributed by atoms with Crippen molar-refractivity contribution in [2.75, 3.05) is 7.05 Å². The first-order valence-corrected chi connectivity index (χ1v) is 6.38. The Hall–Kier alpha value is -1.52. The predicted molar refractivity (Wildman–Crippen MR) is 73.7 cm³/mol. The van der Waals surface area contributed by atoms with Gasteiger partial charge in [-0.15, -0.1) is 0 Å². The molecule has 0 aliphatic rings. The topological polar surface area (TPSA) is 37.8 Å². The number of nitrogens with one attached hydrogen (secondary N) is 1. The third-order valence-electron chi connectivity index (χ3n) is 2.93. The predicted octanol–water partition coefficient (Wildman–Crippen LogP) is 3.08. The minimum absolute atomic E-state index is 0.0160. The SMILES string of the molecule is CNC(Cc1ccc(Cl)c(F)c1)c1ccnc(C)n1. The van der Waals surface area contributed by atoms with E-state index in [9.17, 15) is 4.39 Å². The summed E-state index contributed by atoms with van der Waals surface area (Å²) in [6, 6.07) is 6.73. The van der Waals surface area contributed by atoms with Crippen LogP contribution in [0.4, 0.5) is 4.39 Å². The van der Waals surface area contributed by atoms with Gasteiger partial charge in [-0.05, 0) is 44.2 Å². The Morgan fingerprint density at radius 3 is 2.79 bits per heavy atom. The first-order valence-electron chi connectivity index (χ1n) is 6.01. The molecule has 1 atom stereocenters. The molecule has 0 saturated heterocycles. The molecule has 0 amide bonds. The number of benzene rings is 1. The molecule has 5 heteroatoms. The molecule has 2 aromatic rings. The Balaban J connectivity index is 2.21. The van der Waals surface area contributed by atoms with Crippen LogP contribution >= 0.6 is 11.6 Å². The van der Waals surface area contributed by atoms with Crippen LogP contribution < -0.4 is 5.32 Å². The highest BCUT2D eigenvalue weighted by molar-refractivity contribution is 6.30. The summed E-state index contributed by atoms with van der Waals surface area (Å²) in [5, 5.41) is 3.32. The summed E-state index contributed by atoms with van der Waals surface area (Å²) in [6.45, 7) is 1.85. The van der Waals surface area contributed by atoms with Crippen LogP contribution in [0, 0.1) is 12.7 Å². The summed E-state index contributed by atoms with van der Waals surface area (Å²) in [5.74, 6) is 0.327. The third-order valence-corrected chi connectivity index (χ3v) is 3.23. The summed E-state index contributed by atoms with van der Waals surface area (Å²) in [4.78, 5) is 8.46. The van der Waals surface area contributed by atoms with Crippen molar-refractivity contribution in [1.82, 2.24) is 15.3 Å². The van der Waals surface area contributed by atoms with Crippen molar-refractivity contribution < 1.29 is 4.39 Å². The lowest BCUT2D eigenvalue weighted by atomic mass is 10.0. The molecule has 1 heterocycles. The van der Waals surface area contributed by atoms with Gasteiger partial charge in [-0.1, -0.05) is 17.7 Å². The van der Waals surface area contributed by atoms with Crippen LogP contribution in [0.1, 0.15) is 23.1 Å². The van der Waals surface area contributed by atoms with Crippen LogP contribution in [0.15, 0.2) is 30.5 Å². The molecule has 0 aliphatic carbocycles. The maximum Gasteiger partial charge on any atom is 0.142 e. The molecule has 1 aromatic carbocycles. The van der Waals surface area contributed by atoms with Crippen LogP contribution in [-0.2, 0) is 6.42 Å². The molecule has 1 unspecified atom stereocenters. The van der Waals surface area contributed by atoms with Crippen molar-refractivity contribution >= 4 is 11.6 Å². The molecular weight excluding hydrogens is 265 g/mol. The van der Waals surface area contributed by atoms with Crippen molar-refractivity contribution in [3.8, 4) is 0 Å². The summed E-state index contributed by atoms with van der Waals surface area (Å²) in [5.41, 5.74) is 1.77. The number of aromatic nitrogens is 2. The van der Waals surface area contributed by atoms with Gasteiger partial charge < -0.3 is 5.32 Å². The largest absolute Gasteiger partial charge is 0.311 e. The molecular formula is C14H15ClFN3. The van der Waals surface area contributed by atoms with Gasteiger partial charge in [0, 0.05) is 6.20 Å². The Morgan fingerprint density at radius 1 is 1.37 bits per heavy atom. The lowest BCUT2D eigenvalue weighted by Gasteiger charge is -2.16. The summed E-state index contributed by atoms with van der Waals surface area (Å²) < 4.78 is 13.4. The molecule has 3 nitrogen and oxygen atoms in total. The lowest BCUT2D eigenvalue weighted by molar-refractivity contribution is 0.567. The highest BCUT2D eigenvalue weighted by Gasteiger charge is 2.13. The molecule has 0 bridgehead atoms. The van der Waals surface area contributed by atoms with Crippen LogP contribution in [0.25, 0.3) is 0 Å². The Labute approximate surface area is 116 Å². The van der Waals surface area contributed by atoms with Crippen LogP contribution in [0.2, 0.25) is 5.02 Å². The van der Waals surface area contributed by atoms with E-state index in [0.29, 0.717) is 6.42 Å². The highest BCUT2D eigenvalue weighted by atomic mass is 35.5. The minimum Gasteiger partial charge on any atom is -0.311 e. The van der Waals surface area contributed by atoms with Gasteiger partial charge in [-0.25, -0.2) is 14.4 Å². The number of halogens is 2. The normalized spacial score (nSPS) is 12.4. The second kappa shape index (κ2) is 6.08. The van der Waals surface area contributed by atoms with E-state index in [-0.39, 0.29) is 11.1 Å². The second-order valence-electron chi connectivity index (χ2n) is 4.32.